The molecule has 0 aromatic heterocycles. The monoisotopic (exact) mass is 596 g/mol. The number of aryl methyl sites for hydroxylation is 1. The van der Waals surface area contributed by atoms with Crippen LogP contribution in [-0.4, -0.2) is 33.6 Å². The van der Waals surface area contributed by atoms with Crippen LogP contribution in [-0.2, 0) is 21.0 Å². The molecule has 1 amide bonds. The minimum atomic E-state index is -4.84. The molecule has 1 aliphatic rings. The highest BCUT2D eigenvalue weighted by Gasteiger charge is 2.37. The standard InChI is InChI=1S/C28H28ClF3N2O5S/c1-17-5-9-20(10-6-17)40(36,37)34(18-7-12-23(29)22(13-18)28(30,31)32)16-26(35)33-24-15-27(2,3)39-25-14-19(38-4)8-11-21(24)25/h5-14,24H,15-16H2,1-4H3,(H,33,35). The van der Waals surface area contributed by atoms with Gasteiger partial charge in [0, 0.05) is 18.1 Å². The molecule has 0 fully saturated rings. The van der Waals surface area contributed by atoms with Gasteiger partial charge in [-0.25, -0.2) is 8.42 Å². The number of anilines is 1. The third-order valence-corrected chi connectivity index (χ3v) is 8.57. The predicted molar refractivity (Wildman–Crippen MR) is 145 cm³/mol. The number of hydrogen-bond donors (Lipinski definition) is 1. The van der Waals surface area contributed by atoms with Crippen LogP contribution in [0.5, 0.6) is 11.5 Å². The Morgan fingerprint density at radius 1 is 1.12 bits per heavy atom. The fourth-order valence-corrected chi connectivity index (χ4v) is 6.13. The summed E-state index contributed by atoms with van der Waals surface area (Å²) in [4.78, 5) is 13.2. The Kier molecular flexibility index (Phi) is 8.01. The molecule has 40 heavy (non-hydrogen) atoms. The van der Waals surface area contributed by atoms with Gasteiger partial charge in [-0.1, -0.05) is 29.3 Å². The van der Waals surface area contributed by atoms with Crippen molar-refractivity contribution >= 4 is 33.2 Å². The topological polar surface area (TPSA) is 84.9 Å². The summed E-state index contributed by atoms with van der Waals surface area (Å²) in [5.41, 5.74) is -0.808. The molecule has 12 heteroatoms. The van der Waals surface area contributed by atoms with Crippen molar-refractivity contribution in [2.24, 2.45) is 0 Å². The lowest BCUT2D eigenvalue weighted by molar-refractivity contribution is -0.137. The second-order valence-electron chi connectivity index (χ2n) is 10.1. The smallest absolute Gasteiger partial charge is 0.417 e. The Morgan fingerprint density at radius 2 is 1.80 bits per heavy atom. The molecule has 1 atom stereocenters. The van der Waals surface area contributed by atoms with Gasteiger partial charge in [-0.2, -0.15) is 13.2 Å². The maximum atomic E-state index is 13.7. The number of carbonyl (C=O) groups excluding carboxylic acids is 1. The van der Waals surface area contributed by atoms with E-state index in [1.54, 1.807) is 37.3 Å². The van der Waals surface area contributed by atoms with Gasteiger partial charge in [-0.15, -0.1) is 0 Å². The fraction of sp³-hybridized carbons (Fsp3) is 0.321. The number of fused-ring (bicyclic) bond motifs is 1. The number of ether oxygens (including phenoxy) is 2. The van der Waals surface area contributed by atoms with Crippen LogP contribution in [0.15, 0.2) is 65.6 Å². The van der Waals surface area contributed by atoms with E-state index in [0.717, 1.165) is 17.7 Å². The summed E-state index contributed by atoms with van der Waals surface area (Å²) in [5.74, 6) is 0.335. The first kappa shape index (κ1) is 29.5. The molecule has 1 unspecified atom stereocenters. The Labute approximate surface area is 235 Å². The molecule has 0 saturated carbocycles. The quantitative estimate of drug-likeness (QED) is 0.347. The van der Waals surface area contributed by atoms with Gasteiger partial charge in [0.2, 0.25) is 5.91 Å². The summed E-state index contributed by atoms with van der Waals surface area (Å²) in [5, 5.41) is 2.25. The van der Waals surface area contributed by atoms with E-state index in [-0.39, 0.29) is 10.6 Å². The zero-order chi connectivity index (χ0) is 29.5. The molecular weight excluding hydrogens is 569 g/mol. The zero-order valence-corrected chi connectivity index (χ0v) is 23.7. The SMILES string of the molecule is COc1ccc2c(c1)OC(C)(C)CC2NC(=O)CN(c1ccc(Cl)c(C(F)(F)F)c1)S(=O)(=O)c1ccc(C)cc1. The lowest BCUT2D eigenvalue weighted by Gasteiger charge is -2.38. The van der Waals surface area contributed by atoms with E-state index in [4.69, 9.17) is 21.1 Å². The zero-order valence-electron chi connectivity index (χ0n) is 22.2. The minimum absolute atomic E-state index is 0.181. The van der Waals surface area contributed by atoms with E-state index in [1.807, 2.05) is 13.8 Å². The van der Waals surface area contributed by atoms with Gasteiger partial charge >= 0.3 is 6.18 Å². The first-order chi connectivity index (χ1) is 18.6. The van der Waals surface area contributed by atoms with Crippen molar-refractivity contribution in [3.05, 3.63) is 82.4 Å². The molecular formula is C28H28ClF3N2O5S. The van der Waals surface area contributed by atoms with Crippen molar-refractivity contribution in [3.8, 4) is 11.5 Å². The highest BCUT2D eigenvalue weighted by atomic mass is 35.5. The molecule has 0 radical (unpaired) electrons. The summed E-state index contributed by atoms with van der Waals surface area (Å²) < 4.78 is 80.3. The normalized spacial score (nSPS) is 16.4. The first-order valence-corrected chi connectivity index (χ1v) is 14.0. The van der Waals surface area contributed by atoms with Crippen molar-refractivity contribution in [1.29, 1.82) is 0 Å². The van der Waals surface area contributed by atoms with E-state index >= 15 is 0 Å². The second-order valence-corrected chi connectivity index (χ2v) is 12.3. The maximum absolute atomic E-state index is 13.7. The van der Waals surface area contributed by atoms with Gasteiger partial charge in [0.05, 0.1) is 34.3 Å². The Balaban J connectivity index is 1.72. The van der Waals surface area contributed by atoms with Crippen molar-refractivity contribution in [2.45, 2.75) is 49.9 Å². The van der Waals surface area contributed by atoms with Gasteiger partial charge in [0.25, 0.3) is 10.0 Å². The van der Waals surface area contributed by atoms with Gasteiger partial charge < -0.3 is 14.8 Å². The fourth-order valence-electron chi connectivity index (χ4n) is 4.50. The lowest BCUT2D eigenvalue weighted by atomic mass is 9.89. The highest BCUT2D eigenvalue weighted by molar-refractivity contribution is 7.92. The van der Waals surface area contributed by atoms with Gasteiger partial charge in [-0.3, -0.25) is 9.10 Å². The number of hydrogen-bond acceptors (Lipinski definition) is 5. The van der Waals surface area contributed by atoms with Crippen LogP contribution in [0.1, 0.15) is 43.0 Å². The number of nitrogens with one attached hydrogen (secondary N) is 1. The molecule has 0 bridgehead atoms. The average Bonchev–Trinajstić information content (AvgIpc) is 2.86. The summed E-state index contributed by atoms with van der Waals surface area (Å²) >= 11 is 5.78. The minimum Gasteiger partial charge on any atom is -0.497 e. The Morgan fingerprint density at radius 3 is 2.42 bits per heavy atom. The van der Waals surface area contributed by atoms with E-state index < -0.39 is 50.9 Å². The largest absolute Gasteiger partial charge is 0.497 e. The van der Waals surface area contributed by atoms with Crippen molar-refractivity contribution in [3.63, 3.8) is 0 Å². The third kappa shape index (κ3) is 6.31. The Bertz CT molecular complexity index is 1530. The van der Waals surface area contributed by atoms with Crippen molar-refractivity contribution in [2.75, 3.05) is 18.0 Å². The van der Waals surface area contributed by atoms with Crippen LogP contribution in [0, 0.1) is 6.92 Å². The van der Waals surface area contributed by atoms with Gasteiger partial charge in [0.1, 0.15) is 23.6 Å². The summed E-state index contributed by atoms with van der Waals surface area (Å²) in [6, 6.07) is 13.1. The van der Waals surface area contributed by atoms with E-state index in [9.17, 15) is 26.4 Å². The number of amides is 1. The molecule has 4 rings (SSSR count). The second kappa shape index (κ2) is 10.9. The molecule has 0 aliphatic carbocycles. The summed E-state index contributed by atoms with van der Waals surface area (Å²) in [6.45, 7) is 4.67. The average molecular weight is 597 g/mol. The lowest BCUT2D eigenvalue weighted by Crippen LogP contribution is -2.45. The van der Waals surface area contributed by atoms with Gasteiger partial charge in [-0.05, 0) is 63.2 Å². The van der Waals surface area contributed by atoms with Crippen LogP contribution in [0.3, 0.4) is 0 Å². The molecule has 1 aliphatic heterocycles. The van der Waals surface area contributed by atoms with Crippen LogP contribution in [0.25, 0.3) is 0 Å². The number of rotatable bonds is 7. The van der Waals surface area contributed by atoms with E-state index in [2.05, 4.69) is 5.32 Å². The number of alkyl halides is 3. The van der Waals surface area contributed by atoms with Crippen molar-refractivity contribution in [1.82, 2.24) is 5.32 Å². The number of sulfonamides is 1. The number of carbonyl (C=O) groups is 1. The molecule has 1 N–H and O–H groups in total. The van der Waals surface area contributed by atoms with Crippen LogP contribution in [0.4, 0.5) is 18.9 Å². The molecule has 3 aromatic rings. The Hall–Kier alpha value is -3.44. The van der Waals surface area contributed by atoms with Crippen molar-refractivity contribution < 1.29 is 35.9 Å². The first-order valence-electron chi connectivity index (χ1n) is 12.2. The third-order valence-electron chi connectivity index (χ3n) is 6.45. The molecule has 214 valence electrons. The van der Waals surface area contributed by atoms with Crippen LogP contribution in [0.2, 0.25) is 5.02 Å². The predicted octanol–water partition coefficient (Wildman–Crippen LogP) is 6.29. The maximum Gasteiger partial charge on any atom is 0.417 e. The number of methoxy groups -OCH3 is 1. The molecule has 1 heterocycles. The number of halogens is 4. The molecule has 7 nitrogen and oxygen atoms in total. The molecule has 0 saturated heterocycles. The number of benzene rings is 3. The van der Waals surface area contributed by atoms with Crippen LogP contribution >= 0.6 is 11.6 Å². The summed E-state index contributed by atoms with van der Waals surface area (Å²) in [6.07, 6.45) is -4.48. The van der Waals surface area contributed by atoms with E-state index in [0.29, 0.717) is 33.9 Å². The summed E-state index contributed by atoms with van der Waals surface area (Å²) in [7, 11) is -2.94. The van der Waals surface area contributed by atoms with Gasteiger partial charge in [0.15, 0.2) is 0 Å². The van der Waals surface area contributed by atoms with E-state index in [1.165, 1.54) is 19.2 Å². The highest BCUT2D eigenvalue weighted by Crippen LogP contribution is 2.42. The number of nitrogens with zero attached hydrogens (tertiary/aromatic N) is 1. The van der Waals surface area contributed by atoms with Crippen LogP contribution < -0.4 is 19.1 Å². The molecule has 3 aromatic carbocycles. The molecule has 0 spiro atoms.